The highest BCUT2D eigenvalue weighted by Crippen LogP contribution is 2.39. The highest BCUT2D eigenvalue weighted by Gasteiger charge is 2.38. The van der Waals surface area contributed by atoms with Crippen LogP contribution in [0.5, 0.6) is 5.75 Å². The van der Waals surface area contributed by atoms with Gasteiger partial charge in [0.05, 0.1) is 25.4 Å². The van der Waals surface area contributed by atoms with Gasteiger partial charge in [-0.2, -0.15) is 0 Å². The standard InChI is InChI=1S/C15H22N2O3/c1-3-11-4-5-16-15-14(11)20-10-12-8-13(9-17(12)15)19-7-6-18-2/h4-5,12-13H,3,6-10H2,1-2H3. The zero-order chi connectivity index (χ0) is 13.9. The molecule has 0 radical (unpaired) electrons. The summed E-state index contributed by atoms with van der Waals surface area (Å²) in [5, 5.41) is 0. The predicted octanol–water partition coefficient (Wildman–Crippen LogP) is 1.65. The smallest absolute Gasteiger partial charge is 0.172 e. The second-order valence-electron chi connectivity index (χ2n) is 5.31. The molecule has 1 aromatic heterocycles. The molecule has 2 unspecified atom stereocenters. The van der Waals surface area contributed by atoms with Gasteiger partial charge in [-0.15, -0.1) is 0 Å². The predicted molar refractivity (Wildman–Crippen MR) is 76.5 cm³/mol. The van der Waals surface area contributed by atoms with Crippen LogP contribution in [0.3, 0.4) is 0 Å². The Morgan fingerprint density at radius 3 is 3.15 bits per heavy atom. The van der Waals surface area contributed by atoms with Crippen LogP contribution in [-0.4, -0.2) is 50.6 Å². The normalized spacial score (nSPS) is 24.2. The molecule has 1 saturated heterocycles. The van der Waals surface area contributed by atoms with Gasteiger partial charge in [-0.3, -0.25) is 0 Å². The molecule has 5 heteroatoms. The SMILES string of the molecule is CCc1ccnc2c1OCC1CC(OCCOC)CN21. The van der Waals surface area contributed by atoms with Crippen molar-refractivity contribution in [3.8, 4) is 5.75 Å². The number of hydrogen-bond acceptors (Lipinski definition) is 5. The first-order chi connectivity index (χ1) is 9.83. The molecular weight excluding hydrogens is 256 g/mol. The summed E-state index contributed by atoms with van der Waals surface area (Å²) in [7, 11) is 1.70. The van der Waals surface area contributed by atoms with E-state index in [-0.39, 0.29) is 6.10 Å². The monoisotopic (exact) mass is 278 g/mol. The fourth-order valence-electron chi connectivity index (χ4n) is 3.01. The first-order valence-electron chi connectivity index (χ1n) is 7.31. The summed E-state index contributed by atoms with van der Waals surface area (Å²) < 4.78 is 16.8. The first kappa shape index (κ1) is 13.6. The van der Waals surface area contributed by atoms with Crippen LogP contribution in [0.15, 0.2) is 12.3 Å². The topological polar surface area (TPSA) is 43.8 Å². The summed E-state index contributed by atoms with van der Waals surface area (Å²) in [5.41, 5.74) is 1.23. The van der Waals surface area contributed by atoms with Crippen molar-refractivity contribution in [1.82, 2.24) is 4.98 Å². The van der Waals surface area contributed by atoms with Gasteiger partial charge in [0.15, 0.2) is 11.6 Å². The highest BCUT2D eigenvalue weighted by molar-refractivity contribution is 5.59. The molecule has 0 saturated carbocycles. The van der Waals surface area contributed by atoms with E-state index in [2.05, 4.69) is 16.8 Å². The van der Waals surface area contributed by atoms with Crippen LogP contribution in [0.1, 0.15) is 18.9 Å². The van der Waals surface area contributed by atoms with E-state index >= 15 is 0 Å². The molecule has 0 bridgehead atoms. The van der Waals surface area contributed by atoms with Crippen molar-refractivity contribution >= 4 is 5.82 Å². The van der Waals surface area contributed by atoms with Crippen molar-refractivity contribution in [1.29, 1.82) is 0 Å². The lowest BCUT2D eigenvalue weighted by Gasteiger charge is -2.32. The summed E-state index contributed by atoms with van der Waals surface area (Å²) in [6.07, 6.45) is 4.10. The third-order valence-electron chi connectivity index (χ3n) is 4.06. The Morgan fingerprint density at radius 1 is 1.45 bits per heavy atom. The Bertz CT molecular complexity index is 466. The van der Waals surface area contributed by atoms with Gasteiger partial charge in [0.25, 0.3) is 0 Å². The molecule has 1 fully saturated rings. The molecule has 5 nitrogen and oxygen atoms in total. The molecule has 2 atom stereocenters. The van der Waals surface area contributed by atoms with Crippen molar-refractivity contribution in [3.63, 3.8) is 0 Å². The number of hydrogen-bond donors (Lipinski definition) is 0. The Hall–Kier alpha value is -1.33. The van der Waals surface area contributed by atoms with Crippen LogP contribution in [0.2, 0.25) is 0 Å². The third kappa shape index (κ3) is 2.47. The van der Waals surface area contributed by atoms with E-state index in [1.54, 1.807) is 7.11 Å². The maximum atomic E-state index is 5.95. The lowest BCUT2D eigenvalue weighted by molar-refractivity contribution is 0.0261. The Kier molecular flexibility index (Phi) is 4.08. The van der Waals surface area contributed by atoms with Gasteiger partial charge in [0.1, 0.15) is 6.61 Å². The quantitative estimate of drug-likeness (QED) is 0.766. The first-order valence-corrected chi connectivity index (χ1v) is 7.31. The van der Waals surface area contributed by atoms with Crippen LogP contribution in [0.25, 0.3) is 0 Å². The van der Waals surface area contributed by atoms with E-state index in [0.29, 0.717) is 19.3 Å². The van der Waals surface area contributed by atoms with Crippen molar-refractivity contribution in [3.05, 3.63) is 17.8 Å². The second kappa shape index (κ2) is 5.97. The molecule has 110 valence electrons. The zero-order valence-electron chi connectivity index (χ0n) is 12.2. The fraction of sp³-hybridized carbons (Fsp3) is 0.667. The van der Waals surface area contributed by atoms with Gasteiger partial charge in [-0.1, -0.05) is 6.92 Å². The van der Waals surface area contributed by atoms with Crippen molar-refractivity contribution in [2.45, 2.75) is 31.9 Å². The largest absolute Gasteiger partial charge is 0.487 e. The minimum atomic E-state index is 0.247. The number of nitrogens with zero attached hydrogens (tertiary/aromatic N) is 2. The molecule has 3 rings (SSSR count). The summed E-state index contributed by atoms with van der Waals surface area (Å²) in [4.78, 5) is 6.86. The molecule has 0 spiro atoms. The second-order valence-corrected chi connectivity index (χ2v) is 5.31. The zero-order valence-corrected chi connectivity index (χ0v) is 12.2. The van der Waals surface area contributed by atoms with Gasteiger partial charge in [-0.25, -0.2) is 4.98 Å². The van der Waals surface area contributed by atoms with Crippen molar-refractivity contribution in [2.75, 3.05) is 38.4 Å². The Morgan fingerprint density at radius 2 is 2.35 bits per heavy atom. The summed E-state index contributed by atoms with van der Waals surface area (Å²) in [6, 6.07) is 2.43. The highest BCUT2D eigenvalue weighted by atomic mass is 16.5. The third-order valence-corrected chi connectivity index (χ3v) is 4.06. The number of ether oxygens (including phenoxy) is 3. The average molecular weight is 278 g/mol. The molecule has 2 aliphatic rings. The summed E-state index contributed by atoms with van der Waals surface area (Å²) in [6.45, 7) is 5.07. The van der Waals surface area contributed by atoms with E-state index in [1.807, 2.05) is 12.3 Å². The molecule has 3 heterocycles. The van der Waals surface area contributed by atoms with Crippen LogP contribution in [0, 0.1) is 0 Å². The number of methoxy groups -OCH3 is 1. The maximum Gasteiger partial charge on any atom is 0.172 e. The molecule has 1 aromatic rings. The lowest BCUT2D eigenvalue weighted by Crippen LogP contribution is -2.39. The van der Waals surface area contributed by atoms with Crippen LogP contribution in [0.4, 0.5) is 5.82 Å². The number of pyridine rings is 1. The number of rotatable bonds is 5. The Labute approximate surface area is 119 Å². The summed E-state index contributed by atoms with van der Waals surface area (Å²) >= 11 is 0. The molecule has 0 N–H and O–H groups in total. The van der Waals surface area contributed by atoms with E-state index in [4.69, 9.17) is 14.2 Å². The minimum Gasteiger partial charge on any atom is -0.487 e. The van der Waals surface area contributed by atoms with Crippen LogP contribution < -0.4 is 9.64 Å². The summed E-state index contributed by atoms with van der Waals surface area (Å²) in [5.74, 6) is 1.95. The number of anilines is 1. The molecule has 0 aliphatic carbocycles. The molecule has 0 amide bonds. The van der Waals surface area contributed by atoms with Gasteiger partial charge in [0, 0.05) is 19.9 Å². The molecule has 0 aromatic carbocycles. The Balaban J connectivity index is 1.73. The minimum absolute atomic E-state index is 0.247. The van der Waals surface area contributed by atoms with E-state index in [0.717, 1.165) is 37.6 Å². The van der Waals surface area contributed by atoms with E-state index in [1.165, 1.54) is 5.56 Å². The van der Waals surface area contributed by atoms with E-state index < -0.39 is 0 Å². The van der Waals surface area contributed by atoms with Crippen LogP contribution >= 0.6 is 0 Å². The van der Waals surface area contributed by atoms with E-state index in [9.17, 15) is 0 Å². The lowest BCUT2D eigenvalue weighted by atomic mass is 10.1. The van der Waals surface area contributed by atoms with Gasteiger partial charge >= 0.3 is 0 Å². The van der Waals surface area contributed by atoms with Crippen molar-refractivity contribution < 1.29 is 14.2 Å². The average Bonchev–Trinajstić information content (AvgIpc) is 2.90. The fourth-order valence-corrected chi connectivity index (χ4v) is 3.01. The van der Waals surface area contributed by atoms with Crippen LogP contribution in [-0.2, 0) is 15.9 Å². The number of fused-ring (bicyclic) bond motifs is 3. The van der Waals surface area contributed by atoms with Gasteiger partial charge in [-0.05, 0) is 24.5 Å². The molecule has 20 heavy (non-hydrogen) atoms. The molecular formula is C15H22N2O3. The number of aryl methyl sites for hydroxylation is 1. The molecule has 2 aliphatic heterocycles. The van der Waals surface area contributed by atoms with Gasteiger partial charge in [0.2, 0.25) is 0 Å². The number of aromatic nitrogens is 1. The maximum absolute atomic E-state index is 5.95. The van der Waals surface area contributed by atoms with Gasteiger partial charge < -0.3 is 19.1 Å². The van der Waals surface area contributed by atoms with Crippen molar-refractivity contribution in [2.24, 2.45) is 0 Å².